The number of fused-ring (bicyclic) bond motifs is 4. The van der Waals surface area contributed by atoms with E-state index in [-0.39, 0.29) is 6.61 Å². The number of nitrogens with zero attached hydrogens (tertiary/aromatic N) is 2. The molecule has 192 valence electrons. The molecule has 0 unspecified atom stereocenters. The second-order valence-electron chi connectivity index (χ2n) is 9.87. The number of hydrogen-bond donors (Lipinski definition) is 0. The van der Waals surface area contributed by atoms with Gasteiger partial charge < -0.3 is 18.9 Å². The molecule has 2 saturated heterocycles. The summed E-state index contributed by atoms with van der Waals surface area (Å²) < 4.78 is 22.9. The van der Waals surface area contributed by atoms with Crippen molar-refractivity contribution in [3.8, 4) is 5.75 Å². The minimum atomic E-state index is -1.88. The molecule has 1 aliphatic carbocycles. The Labute approximate surface area is 214 Å². The Morgan fingerprint density at radius 2 is 1.73 bits per heavy atom. The summed E-state index contributed by atoms with van der Waals surface area (Å²) in [6.45, 7) is 1.85. The van der Waals surface area contributed by atoms with Gasteiger partial charge in [-0.1, -0.05) is 36.4 Å². The minimum Gasteiger partial charge on any atom is -0.497 e. The van der Waals surface area contributed by atoms with Gasteiger partial charge in [-0.3, -0.25) is 14.6 Å². The summed E-state index contributed by atoms with van der Waals surface area (Å²) in [6.07, 6.45) is 4.14. The molecule has 0 aromatic heterocycles. The Morgan fingerprint density at radius 3 is 2.38 bits per heavy atom. The molecule has 0 bridgehead atoms. The summed E-state index contributed by atoms with van der Waals surface area (Å²) in [4.78, 5) is 42.2. The van der Waals surface area contributed by atoms with Crippen LogP contribution in [0.25, 0.3) is 0 Å². The van der Waals surface area contributed by atoms with Crippen LogP contribution in [0.1, 0.15) is 61.3 Å². The van der Waals surface area contributed by atoms with Crippen LogP contribution in [-0.4, -0.2) is 54.7 Å². The Bertz CT molecular complexity index is 1260. The number of carbonyl (C=O) groups is 3. The van der Waals surface area contributed by atoms with E-state index in [0.717, 1.165) is 18.4 Å². The van der Waals surface area contributed by atoms with Crippen LogP contribution in [-0.2, 0) is 28.6 Å². The third kappa shape index (κ3) is 3.29. The fourth-order valence-corrected chi connectivity index (χ4v) is 6.41. The van der Waals surface area contributed by atoms with Crippen LogP contribution in [0.3, 0.4) is 0 Å². The molecule has 9 nitrogen and oxygen atoms in total. The maximum atomic E-state index is 14.3. The molecule has 0 radical (unpaired) electrons. The third-order valence-corrected chi connectivity index (χ3v) is 8.01. The predicted molar refractivity (Wildman–Crippen MR) is 131 cm³/mol. The number of esters is 3. The molecule has 4 aliphatic rings. The van der Waals surface area contributed by atoms with Crippen LogP contribution in [0.15, 0.2) is 53.6 Å². The summed E-state index contributed by atoms with van der Waals surface area (Å²) in [7, 11) is 1.55. The lowest BCUT2D eigenvalue weighted by atomic mass is 9.65. The van der Waals surface area contributed by atoms with Crippen molar-refractivity contribution in [2.24, 2.45) is 10.5 Å². The van der Waals surface area contributed by atoms with Crippen LogP contribution in [0.5, 0.6) is 5.75 Å². The zero-order valence-electron chi connectivity index (χ0n) is 20.7. The molecule has 37 heavy (non-hydrogen) atoms. The maximum Gasteiger partial charge on any atom is 0.331 e. The van der Waals surface area contributed by atoms with E-state index in [9.17, 15) is 14.4 Å². The van der Waals surface area contributed by atoms with Gasteiger partial charge in [-0.2, -0.15) is 5.10 Å². The number of hydrogen-bond acceptors (Lipinski definition) is 9. The van der Waals surface area contributed by atoms with Crippen molar-refractivity contribution < 1.29 is 33.3 Å². The number of rotatable bonds is 4. The van der Waals surface area contributed by atoms with E-state index < -0.39 is 47.1 Å². The van der Waals surface area contributed by atoms with Gasteiger partial charge in [0.15, 0.2) is 6.04 Å². The van der Waals surface area contributed by atoms with Crippen molar-refractivity contribution >= 4 is 24.1 Å². The van der Waals surface area contributed by atoms with E-state index >= 15 is 0 Å². The first-order valence-corrected chi connectivity index (χ1v) is 12.6. The predicted octanol–water partition coefficient (Wildman–Crippen LogP) is 3.47. The molecule has 3 atom stereocenters. The van der Waals surface area contributed by atoms with E-state index in [0.29, 0.717) is 29.7 Å². The summed E-state index contributed by atoms with van der Waals surface area (Å²) in [5.74, 6) is -3.61. The number of ether oxygens (including phenoxy) is 4. The van der Waals surface area contributed by atoms with E-state index in [4.69, 9.17) is 18.9 Å². The van der Waals surface area contributed by atoms with Crippen LogP contribution >= 0.6 is 0 Å². The highest BCUT2D eigenvalue weighted by molar-refractivity contribution is 6.06. The average Bonchev–Trinajstić information content (AvgIpc) is 3.48. The lowest BCUT2D eigenvalue weighted by molar-refractivity contribution is -0.263. The normalized spacial score (nSPS) is 26.4. The molecule has 1 saturated carbocycles. The van der Waals surface area contributed by atoms with Gasteiger partial charge in [-0.15, -0.1) is 0 Å². The highest BCUT2D eigenvalue weighted by Crippen LogP contribution is 2.63. The topological polar surface area (TPSA) is 104 Å². The van der Waals surface area contributed by atoms with Gasteiger partial charge in [0.05, 0.1) is 19.9 Å². The van der Waals surface area contributed by atoms with E-state index in [1.54, 1.807) is 44.5 Å². The van der Waals surface area contributed by atoms with Crippen LogP contribution in [0.2, 0.25) is 0 Å². The molecule has 3 fully saturated rings. The highest BCUT2D eigenvalue weighted by atomic mass is 16.7. The Hall–Kier alpha value is -3.88. The molecule has 6 rings (SSSR count). The largest absolute Gasteiger partial charge is 0.497 e. The van der Waals surface area contributed by atoms with Gasteiger partial charge in [-0.25, -0.2) is 4.79 Å². The molecule has 2 aromatic carbocycles. The quantitative estimate of drug-likeness (QED) is 0.461. The first kappa shape index (κ1) is 23.5. The van der Waals surface area contributed by atoms with Gasteiger partial charge >= 0.3 is 17.9 Å². The zero-order valence-corrected chi connectivity index (χ0v) is 20.7. The SMILES string of the molecule is CCOC(=O)[C@H]1[C@H](c2ccc(OC)cc2)C2(C(=O)OC3(CCCC3)OC2=O)[C@H]2c3ccccc3C=NN12. The highest BCUT2D eigenvalue weighted by Gasteiger charge is 2.76. The summed E-state index contributed by atoms with van der Waals surface area (Å²) in [6, 6.07) is 12.4. The molecule has 2 spiro atoms. The van der Waals surface area contributed by atoms with Crippen molar-refractivity contribution in [2.45, 2.75) is 56.4 Å². The molecule has 0 N–H and O–H groups in total. The van der Waals surface area contributed by atoms with E-state index in [1.165, 1.54) is 5.01 Å². The molecule has 9 heteroatoms. The van der Waals surface area contributed by atoms with Crippen LogP contribution in [0, 0.1) is 5.41 Å². The van der Waals surface area contributed by atoms with Crippen molar-refractivity contribution in [1.29, 1.82) is 0 Å². The molecular weight excluding hydrogens is 476 g/mol. The average molecular weight is 505 g/mol. The molecule has 3 heterocycles. The van der Waals surface area contributed by atoms with Gasteiger partial charge in [0.2, 0.25) is 5.41 Å². The standard InChI is InChI=1S/C28H28N2O7/c1-3-35-24(31)22-21(17-10-12-19(34-2)13-11-17)28(23-20-9-5-4-8-18(20)16-29-30(22)23)25(32)36-27(37-26(28)33)14-6-7-15-27/h4-5,8-13,16,21-23H,3,6-7,14-15H2,1-2H3/t21-,22+,23+/m0/s1. The fourth-order valence-electron chi connectivity index (χ4n) is 6.41. The number of methoxy groups -OCH3 is 1. The smallest absolute Gasteiger partial charge is 0.331 e. The first-order chi connectivity index (χ1) is 17.9. The van der Waals surface area contributed by atoms with Gasteiger partial charge in [0.25, 0.3) is 5.79 Å². The maximum absolute atomic E-state index is 14.3. The second-order valence-corrected chi connectivity index (χ2v) is 9.87. The van der Waals surface area contributed by atoms with Gasteiger partial charge in [0.1, 0.15) is 11.8 Å². The van der Waals surface area contributed by atoms with Gasteiger partial charge in [0, 0.05) is 18.8 Å². The monoisotopic (exact) mass is 504 g/mol. The zero-order chi connectivity index (χ0) is 25.8. The lowest BCUT2D eigenvalue weighted by Gasteiger charge is -2.45. The Kier molecular flexibility index (Phi) is 5.47. The molecule has 2 aromatic rings. The Balaban J connectivity index is 1.60. The summed E-state index contributed by atoms with van der Waals surface area (Å²) in [5.41, 5.74) is 0.146. The second kappa shape index (κ2) is 8.61. The van der Waals surface area contributed by atoms with Crippen molar-refractivity contribution in [3.05, 3.63) is 65.2 Å². The van der Waals surface area contributed by atoms with Crippen molar-refractivity contribution in [2.75, 3.05) is 13.7 Å². The number of carbonyl (C=O) groups excluding carboxylic acids is 3. The molecular formula is C28H28N2O7. The fraction of sp³-hybridized carbons (Fsp3) is 0.429. The van der Waals surface area contributed by atoms with Crippen molar-refractivity contribution in [1.82, 2.24) is 5.01 Å². The minimum absolute atomic E-state index is 0.133. The van der Waals surface area contributed by atoms with E-state index in [1.807, 2.05) is 24.3 Å². The lowest BCUT2D eigenvalue weighted by Crippen LogP contribution is -2.59. The van der Waals surface area contributed by atoms with Crippen LogP contribution < -0.4 is 4.74 Å². The summed E-state index contributed by atoms with van der Waals surface area (Å²) in [5, 5.41) is 6.13. The van der Waals surface area contributed by atoms with E-state index in [2.05, 4.69) is 5.10 Å². The molecule has 3 aliphatic heterocycles. The number of benzene rings is 2. The van der Waals surface area contributed by atoms with Crippen molar-refractivity contribution in [3.63, 3.8) is 0 Å². The third-order valence-electron chi connectivity index (χ3n) is 8.01. The van der Waals surface area contributed by atoms with Crippen LogP contribution in [0.4, 0.5) is 0 Å². The Morgan fingerprint density at radius 1 is 1.05 bits per heavy atom. The number of hydrazone groups is 1. The molecule has 0 amide bonds. The first-order valence-electron chi connectivity index (χ1n) is 12.6. The van der Waals surface area contributed by atoms with Gasteiger partial charge in [-0.05, 0) is 48.6 Å². The summed E-state index contributed by atoms with van der Waals surface area (Å²) >= 11 is 0.